The largest absolute Gasteiger partial charge is 0.203 e. The fraction of sp³-hybridized carbons (Fsp3) is 0.357. The van der Waals surface area contributed by atoms with Crippen molar-refractivity contribution in [3.05, 3.63) is 82.9 Å². The van der Waals surface area contributed by atoms with E-state index in [4.69, 9.17) is 0 Å². The van der Waals surface area contributed by atoms with E-state index in [9.17, 15) is 0 Å². The van der Waals surface area contributed by atoms with Crippen LogP contribution in [-0.4, -0.2) is 0 Å². The zero-order chi connectivity index (χ0) is 22.1. The Bertz CT molecular complexity index is 1030. The molecule has 2 heteroatoms. The number of halogens is 2. The van der Waals surface area contributed by atoms with Crippen LogP contribution in [0.15, 0.2) is 54.6 Å². The van der Waals surface area contributed by atoms with Gasteiger partial charge < -0.3 is 0 Å². The second kappa shape index (κ2) is 8.71. The highest BCUT2D eigenvalue weighted by molar-refractivity contribution is 5.72. The first-order valence-corrected chi connectivity index (χ1v) is 10.8. The molecule has 0 aromatic heterocycles. The summed E-state index contributed by atoms with van der Waals surface area (Å²) in [5.74, 6) is -1.18. The van der Waals surface area contributed by atoms with Gasteiger partial charge in [-0.1, -0.05) is 95.6 Å². The molecule has 0 nitrogen and oxygen atoms in total. The molecule has 0 saturated carbocycles. The molecule has 30 heavy (non-hydrogen) atoms. The Morgan fingerprint density at radius 3 is 1.87 bits per heavy atom. The van der Waals surface area contributed by atoms with Gasteiger partial charge in [0.25, 0.3) is 0 Å². The molecule has 0 aliphatic carbocycles. The minimum absolute atomic E-state index is 0.166. The monoisotopic (exact) mass is 406 g/mol. The Hall–Kier alpha value is -2.48. The fourth-order valence-electron chi connectivity index (χ4n) is 3.71. The summed E-state index contributed by atoms with van der Waals surface area (Å²) in [6.07, 6.45) is 1.97. The van der Waals surface area contributed by atoms with Crippen LogP contribution in [0.4, 0.5) is 8.78 Å². The molecule has 0 aliphatic rings. The number of hydrogen-bond donors (Lipinski definition) is 0. The van der Waals surface area contributed by atoms with Crippen LogP contribution in [-0.2, 0) is 6.42 Å². The van der Waals surface area contributed by atoms with Crippen LogP contribution in [0.2, 0.25) is 0 Å². The normalized spacial score (nSPS) is 11.9. The molecule has 0 aliphatic heterocycles. The quantitative estimate of drug-likeness (QED) is 0.384. The summed E-state index contributed by atoms with van der Waals surface area (Å²) in [6.45, 7) is 13.0. The molecule has 0 bridgehead atoms. The average Bonchev–Trinajstić information content (AvgIpc) is 2.72. The zero-order valence-corrected chi connectivity index (χ0v) is 18.9. The third-order valence-electron chi connectivity index (χ3n) is 6.26. The van der Waals surface area contributed by atoms with E-state index >= 15 is 8.78 Å². The number of hydrogen-bond acceptors (Lipinski definition) is 0. The predicted octanol–water partition coefficient (Wildman–Crippen LogP) is 8.71. The lowest BCUT2D eigenvalue weighted by atomic mass is 9.81. The molecule has 3 aromatic rings. The van der Waals surface area contributed by atoms with Gasteiger partial charge in [-0.25, -0.2) is 8.78 Å². The second-order valence-electron chi connectivity index (χ2n) is 9.40. The number of aryl methyl sites for hydroxylation is 1. The lowest BCUT2D eigenvalue weighted by Crippen LogP contribution is -2.14. The van der Waals surface area contributed by atoms with Crippen molar-refractivity contribution in [2.24, 2.45) is 5.41 Å². The summed E-state index contributed by atoms with van der Waals surface area (Å²) in [7, 11) is 0. The maximum atomic E-state index is 15.1. The summed E-state index contributed by atoms with van der Waals surface area (Å²) >= 11 is 0. The first-order chi connectivity index (χ1) is 14.1. The predicted molar refractivity (Wildman–Crippen MR) is 124 cm³/mol. The Kier molecular flexibility index (Phi) is 6.45. The minimum Gasteiger partial charge on any atom is -0.203 e. The maximum Gasteiger partial charge on any atom is 0.167 e. The van der Waals surface area contributed by atoms with Crippen LogP contribution in [0, 0.1) is 24.0 Å². The fourth-order valence-corrected chi connectivity index (χ4v) is 3.71. The highest BCUT2D eigenvalue weighted by Gasteiger charge is 2.20. The van der Waals surface area contributed by atoms with Gasteiger partial charge in [0.2, 0.25) is 0 Å². The first-order valence-electron chi connectivity index (χ1n) is 10.8. The molecule has 0 heterocycles. The van der Waals surface area contributed by atoms with E-state index in [0.29, 0.717) is 22.6 Å². The standard InChI is InChI=1S/C28H32F2/c1-7-28(5,6)17-23-16-22(9-8-19(23)4)25-15-14-24(26(29)27(25)30)21-12-10-20(11-13-21)18(2)3/h8-16,18H,7,17H2,1-6H3. The van der Waals surface area contributed by atoms with Gasteiger partial charge in [0.15, 0.2) is 11.6 Å². The second-order valence-corrected chi connectivity index (χ2v) is 9.40. The van der Waals surface area contributed by atoms with Gasteiger partial charge >= 0.3 is 0 Å². The van der Waals surface area contributed by atoms with Crippen molar-refractivity contribution >= 4 is 0 Å². The molecule has 0 unspecified atom stereocenters. The third kappa shape index (κ3) is 4.64. The van der Waals surface area contributed by atoms with E-state index in [1.54, 1.807) is 12.1 Å². The van der Waals surface area contributed by atoms with E-state index < -0.39 is 11.6 Å². The van der Waals surface area contributed by atoms with E-state index in [2.05, 4.69) is 41.5 Å². The third-order valence-corrected chi connectivity index (χ3v) is 6.26. The molecule has 0 saturated heterocycles. The average molecular weight is 407 g/mol. The van der Waals surface area contributed by atoms with E-state index in [1.165, 1.54) is 16.7 Å². The van der Waals surface area contributed by atoms with Crippen molar-refractivity contribution in [1.29, 1.82) is 0 Å². The lowest BCUT2D eigenvalue weighted by Gasteiger charge is -2.24. The maximum absolute atomic E-state index is 15.1. The molecule has 0 spiro atoms. The van der Waals surface area contributed by atoms with Gasteiger partial charge in [-0.2, -0.15) is 0 Å². The molecule has 0 amide bonds. The molecule has 0 fully saturated rings. The Labute approximate surface area is 180 Å². The van der Waals surface area contributed by atoms with Gasteiger partial charge in [-0.05, 0) is 52.5 Å². The van der Waals surface area contributed by atoms with Crippen molar-refractivity contribution in [3.63, 3.8) is 0 Å². The molecular formula is C28H32F2. The summed E-state index contributed by atoms with van der Waals surface area (Å²) in [5, 5.41) is 0. The highest BCUT2D eigenvalue weighted by atomic mass is 19.2. The van der Waals surface area contributed by atoms with E-state index in [0.717, 1.165) is 18.4 Å². The van der Waals surface area contributed by atoms with Gasteiger partial charge in [-0.3, -0.25) is 0 Å². The van der Waals surface area contributed by atoms with Gasteiger partial charge in [-0.15, -0.1) is 0 Å². The van der Waals surface area contributed by atoms with Gasteiger partial charge in [0.05, 0.1) is 0 Å². The Morgan fingerprint density at radius 1 is 0.800 bits per heavy atom. The van der Waals surface area contributed by atoms with Crippen molar-refractivity contribution < 1.29 is 8.78 Å². The summed E-state index contributed by atoms with van der Waals surface area (Å²) in [6, 6.07) is 17.0. The molecular weight excluding hydrogens is 374 g/mol. The van der Waals surface area contributed by atoms with Crippen LogP contribution >= 0.6 is 0 Å². The van der Waals surface area contributed by atoms with Crippen molar-refractivity contribution in [2.45, 2.75) is 60.3 Å². The number of rotatable bonds is 6. The number of benzene rings is 3. The Balaban J connectivity index is 2.00. The van der Waals surface area contributed by atoms with Crippen LogP contribution in [0.25, 0.3) is 22.3 Å². The zero-order valence-electron chi connectivity index (χ0n) is 18.9. The molecule has 3 rings (SSSR count). The topological polar surface area (TPSA) is 0 Å². The molecule has 158 valence electrons. The lowest BCUT2D eigenvalue weighted by molar-refractivity contribution is 0.348. The Morgan fingerprint density at radius 2 is 1.33 bits per heavy atom. The van der Waals surface area contributed by atoms with Crippen molar-refractivity contribution in [2.75, 3.05) is 0 Å². The van der Waals surface area contributed by atoms with Crippen LogP contribution < -0.4 is 0 Å². The van der Waals surface area contributed by atoms with E-state index in [1.807, 2.05) is 42.5 Å². The smallest absolute Gasteiger partial charge is 0.167 e. The molecule has 0 radical (unpaired) electrons. The summed E-state index contributed by atoms with van der Waals surface area (Å²) in [5.41, 5.74) is 5.74. The van der Waals surface area contributed by atoms with Gasteiger partial charge in [0, 0.05) is 11.1 Å². The van der Waals surface area contributed by atoms with Crippen LogP contribution in [0.3, 0.4) is 0 Å². The summed E-state index contributed by atoms with van der Waals surface area (Å²) < 4.78 is 30.1. The van der Waals surface area contributed by atoms with Crippen LogP contribution in [0.1, 0.15) is 63.6 Å². The van der Waals surface area contributed by atoms with Gasteiger partial charge in [0.1, 0.15) is 0 Å². The van der Waals surface area contributed by atoms with Crippen molar-refractivity contribution in [1.82, 2.24) is 0 Å². The molecule has 0 atom stereocenters. The highest BCUT2D eigenvalue weighted by Crippen LogP contribution is 2.34. The molecule has 0 N–H and O–H groups in total. The first kappa shape index (κ1) is 22.2. The SMILES string of the molecule is CCC(C)(C)Cc1cc(-c2ccc(-c3ccc(C(C)C)cc3)c(F)c2F)ccc1C. The van der Waals surface area contributed by atoms with E-state index in [-0.39, 0.29) is 5.41 Å². The minimum atomic E-state index is -0.791. The molecule has 3 aromatic carbocycles. The van der Waals surface area contributed by atoms with Crippen molar-refractivity contribution in [3.8, 4) is 22.3 Å². The van der Waals surface area contributed by atoms with Crippen LogP contribution in [0.5, 0.6) is 0 Å². The summed E-state index contributed by atoms with van der Waals surface area (Å²) in [4.78, 5) is 0.